The average Bonchev–Trinajstić information content (AvgIpc) is 2.98. The highest BCUT2D eigenvalue weighted by Gasteiger charge is 2.31. The minimum Gasteiger partial charge on any atom is -0.353 e. The quantitative estimate of drug-likeness (QED) is 0.773. The van der Waals surface area contributed by atoms with Gasteiger partial charge in [0.2, 0.25) is 5.91 Å². The van der Waals surface area contributed by atoms with E-state index in [4.69, 9.17) is 0 Å². The van der Waals surface area contributed by atoms with E-state index < -0.39 is 0 Å². The molecule has 1 saturated carbocycles. The van der Waals surface area contributed by atoms with Gasteiger partial charge < -0.3 is 9.88 Å². The fourth-order valence-electron chi connectivity index (χ4n) is 2.16. The number of nitrogens with zero attached hydrogens (tertiary/aromatic N) is 2. The van der Waals surface area contributed by atoms with E-state index in [1.807, 2.05) is 12.5 Å². The van der Waals surface area contributed by atoms with Crippen molar-refractivity contribution < 1.29 is 4.79 Å². The summed E-state index contributed by atoms with van der Waals surface area (Å²) in [6.45, 7) is 0.977. The van der Waals surface area contributed by atoms with Crippen molar-refractivity contribution in [2.45, 2.75) is 38.3 Å². The molecule has 1 aliphatic carbocycles. The van der Waals surface area contributed by atoms with Gasteiger partial charge in [0, 0.05) is 36.8 Å². The molecule has 1 aliphatic heterocycles. The lowest BCUT2D eigenvalue weighted by Crippen LogP contribution is -2.40. The van der Waals surface area contributed by atoms with E-state index in [2.05, 4.69) is 14.9 Å². The number of imidazole rings is 1. The summed E-state index contributed by atoms with van der Waals surface area (Å²) in [4.78, 5) is 15.7. The highest BCUT2D eigenvalue weighted by Crippen LogP contribution is 2.29. The third-order valence-electron chi connectivity index (χ3n) is 3.27. The molecule has 1 aromatic heterocycles. The first-order valence-corrected chi connectivity index (χ1v) is 5.62. The number of carbonyl (C=O) groups excluding carboxylic acids is 1. The van der Waals surface area contributed by atoms with Crippen LogP contribution in [0, 0.1) is 5.92 Å². The van der Waals surface area contributed by atoms with Crippen LogP contribution < -0.4 is 5.32 Å². The summed E-state index contributed by atoms with van der Waals surface area (Å²) in [6, 6.07) is 0.322. The summed E-state index contributed by atoms with van der Waals surface area (Å²) in [5.74, 6) is 0.574. The van der Waals surface area contributed by atoms with Gasteiger partial charge in [-0.2, -0.15) is 0 Å². The topological polar surface area (TPSA) is 46.9 Å². The third kappa shape index (κ3) is 1.76. The first-order valence-electron chi connectivity index (χ1n) is 5.62. The Balaban J connectivity index is 1.63. The molecular formula is C11H15N3O. The zero-order valence-corrected chi connectivity index (χ0v) is 8.65. The number of hydrogen-bond donors (Lipinski definition) is 1. The van der Waals surface area contributed by atoms with Crippen molar-refractivity contribution in [3.8, 4) is 0 Å². The van der Waals surface area contributed by atoms with Crippen LogP contribution in [0.3, 0.4) is 0 Å². The molecule has 0 bridgehead atoms. The van der Waals surface area contributed by atoms with E-state index in [-0.39, 0.29) is 5.91 Å². The fraction of sp³-hybridized carbons (Fsp3) is 0.636. The van der Waals surface area contributed by atoms with Crippen LogP contribution in [-0.2, 0) is 17.8 Å². The molecule has 2 aliphatic rings. The Morgan fingerprint density at radius 2 is 2.33 bits per heavy atom. The molecule has 80 valence electrons. The molecule has 0 radical (unpaired) electrons. The van der Waals surface area contributed by atoms with Crippen molar-refractivity contribution in [1.82, 2.24) is 14.9 Å². The summed E-state index contributed by atoms with van der Waals surface area (Å²) in [5.41, 5.74) is 1.24. The number of amides is 1. The third-order valence-corrected chi connectivity index (χ3v) is 3.27. The van der Waals surface area contributed by atoms with Crippen molar-refractivity contribution in [1.29, 1.82) is 0 Å². The Bertz CT molecular complexity index is 381. The number of rotatable bonds is 2. The molecule has 0 spiro atoms. The van der Waals surface area contributed by atoms with Gasteiger partial charge in [-0.3, -0.25) is 4.79 Å². The highest BCUT2D eigenvalue weighted by molar-refractivity contribution is 5.81. The van der Waals surface area contributed by atoms with Crippen LogP contribution >= 0.6 is 0 Å². The van der Waals surface area contributed by atoms with Crippen LogP contribution in [0.15, 0.2) is 12.5 Å². The summed E-state index contributed by atoms with van der Waals surface area (Å²) in [7, 11) is 0. The number of carbonyl (C=O) groups is 1. The zero-order valence-electron chi connectivity index (χ0n) is 8.65. The van der Waals surface area contributed by atoms with Gasteiger partial charge in [-0.25, -0.2) is 4.98 Å². The second kappa shape index (κ2) is 3.36. The van der Waals surface area contributed by atoms with Crippen molar-refractivity contribution in [3.05, 3.63) is 18.2 Å². The molecule has 1 unspecified atom stereocenters. The molecule has 1 amide bonds. The molecule has 0 saturated heterocycles. The maximum Gasteiger partial charge on any atom is 0.223 e. The average molecular weight is 205 g/mol. The van der Waals surface area contributed by atoms with Gasteiger partial charge in [0.25, 0.3) is 0 Å². The van der Waals surface area contributed by atoms with E-state index in [1.54, 1.807) is 0 Å². The van der Waals surface area contributed by atoms with Gasteiger partial charge in [-0.05, 0) is 19.3 Å². The van der Waals surface area contributed by atoms with E-state index in [0.717, 1.165) is 32.2 Å². The normalized spacial score (nSPS) is 24.7. The second-order valence-electron chi connectivity index (χ2n) is 4.55. The van der Waals surface area contributed by atoms with Gasteiger partial charge in [-0.15, -0.1) is 0 Å². The SMILES string of the molecule is O=C(NC1CCn2cncc2C1)C1CC1. The number of aromatic nitrogens is 2. The molecule has 3 rings (SSSR count). The largest absolute Gasteiger partial charge is 0.353 e. The first-order chi connectivity index (χ1) is 7.33. The Morgan fingerprint density at radius 3 is 3.13 bits per heavy atom. The van der Waals surface area contributed by atoms with Gasteiger partial charge in [-0.1, -0.05) is 0 Å². The van der Waals surface area contributed by atoms with Crippen molar-refractivity contribution in [2.75, 3.05) is 0 Å². The minimum absolute atomic E-state index is 0.257. The van der Waals surface area contributed by atoms with Crippen LogP contribution in [-0.4, -0.2) is 21.5 Å². The molecule has 4 nitrogen and oxygen atoms in total. The van der Waals surface area contributed by atoms with E-state index >= 15 is 0 Å². The van der Waals surface area contributed by atoms with E-state index in [9.17, 15) is 4.79 Å². The molecule has 1 fully saturated rings. The Hall–Kier alpha value is -1.32. The Labute approximate surface area is 88.7 Å². The lowest BCUT2D eigenvalue weighted by Gasteiger charge is -2.24. The summed E-state index contributed by atoms with van der Waals surface area (Å²) >= 11 is 0. The number of aryl methyl sites for hydroxylation is 1. The molecule has 1 N–H and O–H groups in total. The Kier molecular flexibility index (Phi) is 2.01. The van der Waals surface area contributed by atoms with Crippen LogP contribution in [0.5, 0.6) is 0 Å². The van der Waals surface area contributed by atoms with Crippen LogP contribution in [0.25, 0.3) is 0 Å². The molecule has 0 aromatic carbocycles. The first kappa shape index (κ1) is 8.95. The standard InChI is InChI=1S/C11H15N3O/c15-11(8-1-2-8)13-9-3-4-14-7-12-6-10(14)5-9/h6-9H,1-5H2,(H,13,15). The Morgan fingerprint density at radius 1 is 1.47 bits per heavy atom. The molecule has 4 heteroatoms. The monoisotopic (exact) mass is 205 g/mol. The number of fused-ring (bicyclic) bond motifs is 1. The molecule has 2 heterocycles. The van der Waals surface area contributed by atoms with Gasteiger partial charge in [0.05, 0.1) is 6.33 Å². The molecule has 15 heavy (non-hydrogen) atoms. The van der Waals surface area contributed by atoms with Crippen molar-refractivity contribution in [3.63, 3.8) is 0 Å². The summed E-state index contributed by atoms with van der Waals surface area (Å²) in [6.07, 6.45) is 7.89. The van der Waals surface area contributed by atoms with Gasteiger partial charge in [0.1, 0.15) is 0 Å². The maximum absolute atomic E-state index is 11.6. The van der Waals surface area contributed by atoms with Crippen LogP contribution in [0.1, 0.15) is 25.0 Å². The maximum atomic E-state index is 11.6. The molecular weight excluding hydrogens is 190 g/mol. The van der Waals surface area contributed by atoms with Gasteiger partial charge in [0.15, 0.2) is 0 Å². The summed E-state index contributed by atoms with van der Waals surface area (Å²) < 4.78 is 2.17. The summed E-state index contributed by atoms with van der Waals surface area (Å²) in [5, 5.41) is 3.13. The lowest BCUT2D eigenvalue weighted by atomic mass is 10.0. The van der Waals surface area contributed by atoms with E-state index in [1.165, 1.54) is 5.69 Å². The van der Waals surface area contributed by atoms with Gasteiger partial charge >= 0.3 is 0 Å². The number of nitrogens with one attached hydrogen (secondary N) is 1. The molecule has 1 aromatic rings. The van der Waals surface area contributed by atoms with Crippen LogP contribution in [0.4, 0.5) is 0 Å². The van der Waals surface area contributed by atoms with Crippen LogP contribution in [0.2, 0.25) is 0 Å². The smallest absolute Gasteiger partial charge is 0.223 e. The second-order valence-corrected chi connectivity index (χ2v) is 4.55. The van der Waals surface area contributed by atoms with Crippen molar-refractivity contribution >= 4 is 5.91 Å². The number of hydrogen-bond acceptors (Lipinski definition) is 2. The highest BCUT2D eigenvalue weighted by atomic mass is 16.2. The fourth-order valence-corrected chi connectivity index (χ4v) is 2.16. The predicted octanol–water partition coefficient (Wildman–Crippen LogP) is 0.724. The zero-order chi connectivity index (χ0) is 10.3. The predicted molar refractivity (Wildman–Crippen MR) is 55.2 cm³/mol. The molecule has 1 atom stereocenters. The van der Waals surface area contributed by atoms with Crippen molar-refractivity contribution in [2.24, 2.45) is 5.92 Å². The van der Waals surface area contributed by atoms with E-state index in [0.29, 0.717) is 12.0 Å². The minimum atomic E-state index is 0.257. The lowest BCUT2D eigenvalue weighted by molar-refractivity contribution is -0.123.